The third-order valence-electron chi connectivity index (χ3n) is 2.51. The summed E-state index contributed by atoms with van der Waals surface area (Å²) in [5, 5.41) is 2.91. The zero-order valence-electron chi connectivity index (χ0n) is 7.92. The van der Waals surface area contributed by atoms with Crippen LogP contribution in [-0.4, -0.2) is 5.91 Å². The molecule has 1 aliphatic heterocycles. The smallest absolute Gasteiger partial charge is 0.230 e. The molecular formula is C11H13NO. The molecule has 0 spiro atoms. The van der Waals surface area contributed by atoms with Crippen molar-refractivity contribution < 1.29 is 4.79 Å². The summed E-state index contributed by atoms with van der Waals surface area (Å²) in [4.78, 5) is 11.6. The Hall–Kier alpha value is -1.31. The number of fused-ring (bicyclic) bond motifs is 1. The molecule has 1 N–H and O–H groups in total. The van der Waals surface area contributed by atoms with Crippen molar-refractivity contribution in [3.05, 3.63) is 29.8 Å². The summed E-state index contributed by atoms with van der Waals surface area (Å²) in [5.74, 6) is 0.117. The van der Waals surface area contributed by atoms with Crippen molar-refractivity contribution in [3.63, 3.8) is 0 Å². The fourth-order valence-electron chi connectivity index (χ4n) is 1.64. The highest BCUT2D eigenvalue weighted by atomic mass is 16.2. The lowest BCUT2D eigenvalue weighted by Crippen LogP contribution is -2.36. The first kappa shape index (κ1) is 8.30. The number of benzene rings is 1. The van der Waals surface area contributed by atoms with E-state index in [2.05, 4.69) is 11.4 Å². The second-order valence-electron chi connectivity index (χ2n) is 4.17. The van der Waals surface area contributed by atoms with E-state index in [0.717, 1.165) is 12.1 Å². The van der Waals surface area contributed by atoms with Gasteiger partial charge >= 0.3 is 0 Å². The Morgan fingerprint density at radius 2 is 2.00 bits per heavy atom. The fourth-order valence-corrected chi connectivity index (χ4v) is 1.64. The van der Waals surface area contributed by atoms with Crippen LogP contribution in [-0.2, 0) is 11.2 Å². The molecule has 68 valence electrons. The highest BCUT2D eigenvalue weighted by Crippen LogP contribution is 2.32. The van der Waals surface area contributed by atoms with Crippen LogP contribution in [0.5, 0.6) is 0 Å². The van der Waals surface area contributed by atoms with Crippen LogP contribution < -0.4 is 5.32 Å². The molecule has 1 aliphatic rings. The molecule has 0 saturated carbocycles. The number of nitrogens with one attached hydrogen (secondary N) is 1. The summed E-state index contributed by atoms with van der Waals surface area (Å²) >= 11 is 0. The van der Waals surface area contributed by atoms with Gasteiger partial charge in [-0.3, -0.25) is 4.79 Å². The van der Waals surface area contributed by atoms with Gasteiger partial charge in [0.1, 0.15) is 0 Å². The molecule has 1 amide bonds. The topological polar surface area (TPSA) is 29.1 Å². The Morgan fingerprint density at radius 3 is 2.77 bits per heavy atom. The van der Waals surface area contributed by atoms with Crippen molar-refractivity contribution in [1.29, 1.82) is 0 Å². The molecule has 2 nitrogen and oxygen atoms in total. The Bertz CT molecular complexity index is 355. The predicted octanol–water partition coefficient (Wildman–Crippen LogP) is 2.21. The van der Waals surface area contributed by atoms with Gasteiger partial charge in [0.25, 0.3) is 0 Å². The second-order valence-corrected chi connectivity index (χ2v) is 4.17. The van der Waals surface area contributed by atoms with Gasteiger partial charge in [-0.2, -0.15) is 0 Å². The highest BCUT2D eigenvalue weighted by molar-refractivity contribution is 5.97. The summed E-state index contributed by atoms with van der Waals surface area (Å²) in [7, 11) is 0. The number of hydrogen-bond donors (Lipinski definition) is 1. The molecular weight excluding hydrogens is 162 g/mol. The molecule has 1 aromatic rings. The number of amides is 1. The average molecular weight is 175 g/mol. The maximum absolute atomic E-state index is 11.6. The standard InChI is InChI=1S/C11H13NO/c1-11(2)7-8-5-3-4-6-9(8)12-10(11)13/h3-6H,7H2,1-2H3,(H,12,13). The van der Waals surface area contributed by atoms with Crippen LogP contribution in [0.25, 0.3) is 0 Å². The van der Waals surface area contributed by atoms with E-state index in [4.69, 9.17) is 0 Å². The van der Waals surface area contributed by atoms with Crippen molar-refractivity contribution >= 4 is 11.6 Å². The minimum absolute atomic E-state index is 0.117. The lowest BCUT2D eigenvalue weighted by Gasteiger charge is -2.30. The maximum atomic E-state index is 11.6. The van der Waals surface area contributed by atoms with Crippen LogP contribution in [0.2, 0.25) is 0 Å². The SMILES string of the molecule is CC1(C)Cc2ccccc2NC1=O. The van der Waals surface area contributed by atoms with Gasteiger partial charge < -0.3 is 5.32 Å². The summed E-state index contributed by atoms with van der Waals surface area (Å²) in [6, 6.07) is 7.96. The third kappa shape index (κ3) is 1.32. The number of carbonyl (C=O) groups excluding carboxylic acids is 1. The molecule has 0 aromatic heterocycles. The first-order chi connectivity index (χ1) is 6.09. The molecule has 1 heterocycles. The van der Waals surface area contributed by atoms with Crippen LogP contribution in [0.3, 0.4) is 0 Å². The molecule has 0 unspecified atom stereocenters. The second kappa shape index (κ2) is 2.59. The van der Waals surface area contributed by atoms with Crippen molar-refractivity contribution in [2.75, 3.05) is 5.32 Å². The zero-order valence-corrected chi connectivity index (χ0v) is 7.92. The van der Waals surface area contributed by atoms with E-state index < -0.39 is 0 Å². The molecule has 1 aromatic carbocycles. The van der Waals surface area contributed by atoms with E-state index in [1.165, 1.54) is 5.56 Å². The van der Waals surface area contributed by atoms with E-state index in [-0.39, 0.29) is 11.3 Å². The maximum Gasteiger partial charge on any atom is 0.230 e. The van der Waals surface area contributed by atoms with Gasteiger partial charge in [0.2, 0.25) is 5.91 Å². The first-order valence-corrected chi connectivity index (χ1v) is 4.49. The van der Waals surface area contributed by atoms with E-state index >= 15 is 0 Å². The van der Waals surface area contributed by atoms with Gasteiger partial charge in [-0.25, -0.2) is 0 Å². The normalized spacial score (nSPS) is 19.1. The van der Waals surface area contributed by atoms with Crippen molar-refractivity contribution in [1.82, 2.24) is 0 Å². The monoisotopic (exact) mass is 175 g/mol. The largest absolute Gasteiger partial charge is 0.325 e. The third-order valence-corrected chi connectivity index (χ3v) is 2.51. The van der Waals surface area contributed by atoms with E-state index in [1.807, 2.05) is 32.0 Å². The van der Waals surface area contributed by atoms with Gasteiger partial charge in [-0.1, -0.05) is 32.0 Å². The molecule has 0 atom stereocenters. The van der Waals surface area contributed by atoms with Crippen molar-refractivity contribution in [3.8, 4) is 0 Å². The number of rotatable bonds is 0. The molecule has 2 heteroatoms. The van der Waals surface area contributed by atoms with Gasteiger partial charge in [-0.05, 0) is 18.1 Å². The fraction of sp³-hybridized carbons (Fsp3) is 0.364. The van der Waals surface area contributed by atoms with Crippen LogP contribution in [0.1, 0.15) is 19.4 Å². The van der Waals surface area contributed by atoms with Crippen LogP contribution in [0.15, 0.2) is 24.3 Å². The van der Waals surface area contributed by atoms with Crippen LogP contribution in [0.4, 0.5) is 5.69 Å². The van der Waals surface area contributed by atoms with Crippen molar-refractivity contribution in [2.45, 2.75) is 20.3 Å². The van der Waals surface area contributed by atoms with Gasteiger partial charge in [0, 0.05) is 11.1 Å². The van der Waals surface area contributed by atoms with Crippen LogP contribution >= 0.6 is 0 Å². The molecule has 0 aliphatic carbocycles. The molecule has 0 radical (unpaired) electrons. The van der Waals surface area contributed by atoms with E-state index in [9.17, 15) is 4.79 Å². The first-order valence-electron chi connectivity index (χ1n) is 4.49. The Balaban J connectivity index is 2.44. The highest BCUT2D eigenvalue weighted by Gasteiger charge is 2.32. The number of para-hydroxylation sites is 1. The number of hydrogen-bond acceptors (Lipinski definition) is 1. The summed E-state index contributed by atoms with van der Waals surface area (Å²) in [6.45, 7) is 3.94. The van der Waals surface area contributed by atoms with Gasteiger partial charge in [-0.15, -0.1) is 0 Å². The Labute approximate surface area is 78.0 Å². The molecule has 2 rings (SSSR count). The van der Waals surface area contributed by atoms with Gasteiger partial charge in [0.05, 0.1) is 0 Å². The molecule has 13 heavy (non-hydrogen) atoms. The minimum atomic E-state index is -0.269. The number of anilines is 1. The Morgan fingerprint density at radius 1 is 1.31 bits per heavy atom. The predicted molar refractivity (Wildman–Crippen MR) is 52.6 cm³/mol. The van der Waals surface area contributed by atoms with E-state index in [1.54, 1.807) is 0 Å². The van der Waals surface area contributed by atoms with E-state index in [0.29, 0.717) is 0 Å². The average Bonchev–Trinajstić information content (AvgIpc) is 2.06. The molecule has 0 fully saturated rings. The number of carbonyl (C=O) groups is 1. The Kier molecular flexibility index (Phi) is 1.65. The summed E-state index contributed by atoms with van der Waals surface area (Å²) in [6.07, 6.45) is 0.828. The quantitative estimate of drug-likeness (QED) is 0.643. The molecule has 0 saturated heterocycles. The lowest BCUT2D eigenvalue weighted by molar-refractivity contribution is -0.124. The van der Waals surface area contributed by atoms with Crippen molar-refractivity contribution in [2.24, 2.45) is 5.41 Å². The van der Waals surface area contributed by atoms with Gasteiger partial charge in [0.15, 0.2) is 0 Å². The summed E-state index contributed by atoms with van der Waals surface area (Å²) < 4.78 is 0. The zero-order chi connectivity index (χ0) is 9.47. The summed E-state index contributed by atoms with van der Waals surface area (Å²) in [5.41, 5.74) is 1.92. The lowest BCUT2D eigenvalue weighted by atomic mass is 9.81. The van der Waals surface area contributed by atoms with Crippen LogP contribution in [0, 0.1) is 5.41 Å². The minimum Gasteiger partial charge on any atom is -0.325 e. The molecule has 0 bridgehead atoms.